The molecule has 35 heavy (non-hydrogen) atoms. The van der Waals surface area contributed by atoms with Crippen LogP contribution < -0.4 is 14.4 Å². The second kappa shape index (κ2) is 10.1. The Bertz CT molecular complexity index is 1170. The van der Waals surface area contributed by atoms with Crippen LogP contribution in [0.3, 0.4) is 0 Å². The molecule has 1 amide bonds. The lowest BCUT2D eigenvalue weighted by Gasteiger charge is -2.40. The zero-order chi connectivity index (χ0) is 24.3. The fraction of sp³-hybridized carbons (Fsp3) is 0.367. The van der Waals surface area contributed by atoms with Gasteiger partial charge in [0, 0.05) is 30.6 Å². The van der Waals surface area contributed by atoms with E-state index in [9.17, 15) is 4.79 Å². The van der Waals surface area contributed by atoms with Gasteiger partial charge in [0.25, 0.3) is 0 Å². The first-order valence-electron chi connectivity index (χ1n) is 12.5. The summed E-state index contributed by atoms with van der Waals surface area (Å²) < 4.78 is 11.0. The molecule has 0 radical (unpaired) electrons. The maximum Gasteiger partial charge on any atom is 0.227 e. The molecule has 3 aromatic carbocycles. The highest BCUT2D eigenvalue weighted by Crippen LogP contribution is 2.48. The number of hydrogen-bond donors (Lipinski definition) is 0. The zero-order valence-electron chi connectivity index (χ0n) is 20.7. The Balaban J connectivity index is 1.31. The molecule has 5 nitrogen and oxygen atoms in total. The van der Waals surface area contributed by atoms with E-state index in [-0.39, 0.29) is 11.3 Å². The molecule has 3 aromatic rings. The Hall–Kier alpha value is -3.31. The third-order valence-corrected chi connectivity index (χ3v) is 7.65. The first-order valence-corrected chi connectivity index (χ1v) is 12.5. The molecule has 0 aromatic heterocycles. The van der Waals surface area contributed by atoms with Gasteiger partial charge in [-0.1, -0.05) is 42.5 Å². The van der Waals surface area contributed by atoms with E-state index in [4.69, 9.17) is 9.47 Å². The number of hydrogen-bond acceptors (Lipinski definition) is 4. The van der Waals surface area contributed by atoms with Gasteiger partial charge in [-0.15, -0.1) is 0 Å². The van der Waals surface area contributed by atoms with Crippen LogP contribution in [0.1, 0.15) is 36.0 Å². The van der Waals surface area contributed by atoms with Crippen LogP contribution in [0.2, 0.25) is 0 Å². The van der Waals surface area contributed by atoms with Gasteiger partial charge >= 0.3 is 0 Å². The van der Waals surface area contributed by atoms with Gasteiger partial charge in [0.05, 0.1) is 14.2 Å². The number of nitrogens with zero attached hydrogens (tertiary/aromatic N) is 2. The van der Waals surface area contributed by atoms with Crippen molar-refractivity contribution >= 4 is 11.6 Å². The van der Waals surface area contributed by atoms with Gasteiger partial charge in [0.1, 0.15) is 11.5 Å². The molecule has 2 aliphatic rings. The number of anilines is 1. The number of benzene rings is 3. The molecule has 1 spiro atoms. The number of ether oxygens (including phenoxy) is 2. The van der Waals surface area contributed by atoms with Crippen LogP contribution in [0, 0.1) is 0 Å². The predicted octanol–water partition coefficient (Wildman–Crippen LogP) is 5.22. The Morgan fingerprint density at radius 3 is 2.31 bits per heavy atom. The monoisotopic (exact) mass is 470 g/mol. The molecule has 0 atom stereocenters. The number of aryl methyl sites for hydroxylation is 1. The summed E-state index contributed by atoms with van der Waals surface area (Å²) in [5.41, 5.74) is 4.79. The summed E-state index contributed by atoms with van der Waals surface area (Å²) >= 11 is 0. The summed E-state index contributed by atoms with van der Waals surface area (Å²) in [5, 5.41) is 0. The first-order chi connectivity index (χ1) is 17.1. The van der Waals surface area contributed by atoms with Gasteiger partial charge in [0.2, 0.25) is 5.91 Å². The van der Waals surface area contributed by atoms with Gasteiger partial charge in [-0.25, -0.2) is 0 Å². The second-order valence-electron chi connectivity index (χ2n) is 9.76. The van der Waals surface area contributed by atoms with E-state index in [0.29, 0.717) is 6.42 Å². The van der Waals surface area contributed by atoms with E-state index >= 15 is 0 Å². The van der Waals surface area contributed by atoms with Crippen molar-refractivity contribution < 1.29 is 14.3 Å². The van der Waals surface area contributed by atoms with Gasteiger partial charge in [0.15, 0.2) is 0 Å². The minimum atomic E-state index is -0.0167. The first kappa shape index (κ1) is 23.4. The molecule has 1 saturated heterocycles. The maximum absolute atomic E-state index is 13.4. The number of piperidine rings is 1. The van der Waals surface area contributed by atoms with Crippen molar-refractivity contribution in [3.63, 3.8) is 0 Å². The fourth-order valence-corrected chi connectivity index (χ4v) is 5.62. The highest BCUT2D eigenvalue weighted by atomic mass is 16.5. The topological polar surface area (TPSA) is 42.0 Å². The molecule has 1 fully saturated rings. The number of fused-ring (bicyclic) bond motifs is 2. The molecule has 0 saturated carbocycles. The number of amides is 1. The molecule has 5 rings (SSSR count). The number of likely N-dealkylation sites (tertiary alicyclic amines) is 1. The van der Waals surface area contributed by atoms with E-state index in [1.165, 1.54) is 16.7 Å². The molecule has 0 unspecified atom stereocenters. The normalized spacial score (nSPS) is 16.8. The van der Waals surface area contributed by atoms with Crippen molar-refractivity contribution in [3.05, 3.63) is 89.5 Å². The van der Waals surface area contributed by atoms with Crippen molar-refractivity contribution in [3.8, 4) is 11.5 Å². The van der Waals surface area contributed by atoms with Crippen molar-refractivity contribution in [2.24, 2.45) is 0 Å². The lowest BCUT2D eigenvalue weighted by atomic mass is 9.74. The average Bonchev–Trinajstić information content (AvgIpc) is 3.22. The summed E-state index contributed by atoms with van der Waals surface area (Å²) in [4.78, 5) is 18.0. The Labute approximate surface area is 208 Å². The highest BCUT2D eigenvalue weighted by Gasteiger charge is 2.46. The minimum Gasteiger partial charge on any atom is -0.497 e. The average molecular weight is 471 g/mol. The number of methoxy groups -OCH3 is 2. The number of carbonyl (C=O) groups excluding carboxylic acids is 1. The summed E-state index contributed by atoms with van der Waals surface area (Å²) in [7, 11) is 3.42. The van der Waals surface area contributed by atoms with Crippen molar-refractivity contribution in [2.45, 2.75) is 37.6 Å². The zero-order valence-corrected chi connectivity index (χ0v) is 20.7. The quantitative estimate of drug-likeness (QED) is 0.475. The van der Waals surface area contributed by atoms with Gasteiger partial charge in [-0.3, -0.25) is 9.69 Å². The number of carbonyl (C=O) groups is 1. The van der Waals surface area contributed by atoms with E-state index < -0.39 is 0 Å². The summed E-state index contributed by atoms with van der Waals surface area (Å²) in [6.45, 7) is 3.67. The van der Waals surface area contributed by atoms with E-state index in [0.717, 1.165) is 62.6 Å². The summed E-state index contributed by atoms with van der Waals surface area (Å²) in [6, 6.07) is 24.8. The Kier molecular flexibility index (Phi) is 6.78. The van der Waals surface area contributed by atoms with Crippen LogP contribution in [0.25, 0.3) is 0 Å². The SMILES string of the molecule is COc1cccc(CN2CCC3(CC2)CN(C(=O)CCc2ccccc2)c2ccc(OC)cc23)c1. The van der Waals surface area contributed by atoms with Gasteiger partial charge in [-0.2, -0.15) is 0 Å². The molecule has 0 N–H and O–H groups in total. The van der Waals surface area contributed by atoms with Gasteiger partial charge < -0.3 is 14.4 Å². The van der Waals surface area contributed by atoms with E-state index in [1.807, 2.05) is 35.2 Å². The van der Waals surface area contributed by atoms with Gasteiger partial charge in [-0.05, 0) is 79.4 Å². The Morgan fingerprint density at radius 2 is 1.57 bits per heavy atom. The van der Waals surface area contributed by atoms with E-state index in [2.05, 4.69) is 47.4 Å². The summed E-state index contributed by atoms with van der Waals surface area (Å²) in [6.07, 6.45) is 3.34. The van der Waals surface area contributed by atoms with Crippen molar-refractivity contribution in [2.75, 3.05) is 38.8 Å². The van der Waals surface area contributed by atoms with Crippen LogP contribution in [0.5, 0.6) is 11.5 Å². The van der Waals surface area contributed by atoms with E-state index in [1.54, 1.807) is 14.2 Å². The van der Waals surface area contributed by atoms with Crippen LogP contribution >= 0.6 is 0 Å². The lowest BCUT2D eigenvalue weighted by molar-refractivity contribution is -0.118. The largest absolute Gasteiger partial charge is 0.497 e. The molecular formula is C30H34N2O3. The lowest BCUT2D eigenvalue weighted by Crippen LogP contribution is -2.45. The molecule has 0 bridgehead atoms. The maximum atomic E-state index is 13.4. The molecular weight excluding hydrogens is 436 g/mol. The van der Waals surface area contributed by atoms with Crippen LogP contribution in [-0.4, -0.2) is 44.7 Å². The second-order valence-corrected chi connectivity index (χ2v) is 9.76. The molecule has 2 aliphatic heterocycles. The predicted molar refractivity (Wildman–Crippen MR) is 139 cm³/mol. The molecule has 2 heterocycles. The third kappa shape index (κ3) is 4.92. The highest BCUT2D eigenvalue weighted by molar-refractivity contribution is 5.96. The fourth-order valence-electron chi connectivity index (χ4n) is 5.62. The molecule has 5 heteroatoms. The summed E-state index contributed by atoms with van der Waals surface area (Å²) in [5.74, 6) is 1.97. The van der Waals surface area contributed by atoms with Crippen molar-refractivity contribution in [1.29, 1.82) is 0 Å². The molecule has 0 aliphatic carbocycles. The smallest absolute Gasteiger partial charge is 0.227 e. The molecule has 182 valence electrons. The minimum absolute atomic E-state index is 0.0167. The van der Waals surface area contributed by atoms with Crippen molar-refractivity contribution in [1.82, 2.24) is 4.90 Å². The van der Waals surface area contributed by atoms with Crippen LogP contribution in [0.15, 0.2) is 72.8 Å². The third-order valence-electron chi connectivity index (χ3n) is 7.65. The standard InChI is InChI=1S/C30H34N2O3/c1-34-25-10-6-9-24(19-25)21-31-17-15-30(16-18-31)22-32(28-13-12-26(35-2)20-27(28)30)29(33)14-11-23-7-4-3-5-8-23/h3-10,12-13,19-20H,11,14-18,21-22H2,1-2H3. The Morgan fingerprint density at radius 1 is 0.857 bits per heavy atom. The van der Waals surface area contributed by atoms with Crippen LogP contribution in [0.4, 0.5) is 5.69 Å². The number of rotatable bonds is 7. The van der Waals surface area contributed by atoms with Crippen LogP contribution in [-0.2, 0) is 23.2 Å².